The van der Waals surface area contributed by atoms with Gasteiger partial charge in [-0.15, -0.1) is 0 Å². The lowest BCUT2D eigenvalue weighted by Gasteiger charge is -2.30. The van der Waals surface area contributed by atoms with Crippen LogP contribution >= 0.6 is 0 Å². The van der Waals surface area contributed by atoms with Crippen molar-refractivity contribution in [1.29, 1.82) is 0 Å². The number of ether oxygens (including phenoxy) is 1. The third-order valence-corrected chi connectivity index (χ3v) is 4.54. The summed E-state index contributed by atoms with van der Waals surface area (Å²) in [6.07, 6.45) is 2.72. The summed E-state index contributed by atoms with van der Waals surface area (Å²) in [5.41, 5.74) is 2.83. The molecule has 0 atom stereocenters. The number of nitrogens with zero attached hydrogens (tertiary/aromatic N) is 4. The van der Waals surface area contributed by atoms with Crippen LogP contribution in [0.3, 0.4) is 0 Å². The van der Waals surface area contributed by atoms with Crippen LogP contribution in [0, 0.1) is 0 Å². The summed E-state index contributed by atoms with van der Waals surface area (Å²) < 4.78 is 5.38. The van der Waals surface area contributed by atoms with Gasteiger partial charge in [-0.05, 0) is 24.1 Å². The lowest BCUT2D eigenvalue weighted by atomic mass is 10.1. The van der Waals surface area contributed by atoms with Gasteiger partial charge in [0.05, 0.1) is 25.5 Å². The Balaban J connectivity index is 1.54. The fourth-order valence-corrected chi connectivity index (χ4v) is 3.14. The molecule has 1 aromatic carbocycles. The molecular weight excluding hydrogens is 304 g/mol. The average molecular weight is 324 g/mol. The van der Waals surface area contributed by atoms with Gasteiger partial charge in [0.2, 0.25) is 5.95 Å². The molecule has 6 heteroatoms. The van der Waals surface area contributed by atoms with Crippen molar-refractivity contribution in [1.82, 2.24) is 14.9 Å². The summed E-state index contributed by atoms with van der Waals surface area (Å²) in [5.74, 6) is 0.804. The Bertz CT molecular complexity index is 729. The quantitative estimate of drug-likeness (QED) is 0.838. The Morgan fingerprint density at radius 2 is 1.88 bits per heavy atom. The maximum absolute atomic E-state index is 12.7. The lowest BCUT2D eigenvalue weighted by molar-refractivity contribution is 0.0731. The minimum absolute atomic E-state index is 0.0628. The number of hydrogen-bond donors (Lipinski definition) is 0. The van der Waals surface area contributed by atoms with Crippen LogP contribution in [0.1, 0.15) is 21.6 Å². The van der Waals surface area contributed by atoms with E-state index < -0.39 is 0 Å². The summed E-state index contributed by atoms with van der Waals surface area (Å²) in [4.78, 5) is 25.9. The van der Waals surface area contributed by atoms with Crippen molar-refractivity contribution in [2.45, 2.75) is 13.0 Å². The summed E-state index contributed by atoms with van der Waals surface area (Å²) in [7, 11) is 0. The largest absolute Gasteiger partial charge is 0.378 e. The topological polar surface area (TPSA) is 58.6 Å². The zero-order valence-electron chi connectivity index (χ0n) is 13.5. The van der Waals surface area contributed by atoms with Gasteiger partial charge in [-0.3, -0.25) is 4.79 Å². The van der Waals surface area contributed by atoms with Crippen molar-refractivity contribution in [2.24, 2.45) is 0 Å². The molecule has 6 nitrogen and oxygen atoms in total. The molecule has 0 aliphatic carbocycles. The fourth-order valence-electron chi connectivity index (χ4n) is 3.14. The van der Waals surface area contributed by atoms with Gasteiger partial charge in [-0.2, -0.15) is 0 Å². The van der Waals surface area contributed by atoms with Crippen molar-refractivity contribution in [2.75, 3.05) is 37.7 Å². The van der Waals surface area contributed by atoms with Gasteiger partial charge < -0.3 is 14.5 Å². The zero-order valence-corrected chi connectivity index (χ0v) is 13.5. The highest BCUT2D eigenvalue weighted by molar-refractivity contribution is 5.94. The number of hydrogen-bond acceptors (Lipinski definition) is 5. The number of benzene rings is 1. The van der Waals surface area contributed by atoms with E-state index in [4.69, 9.17) is 9.72 Å². The summed E-state index contributed by atoms with van der Waals surface area (Å²) in [6, 6.07) is 9.42. The molecule has 0 radical (unpaired) electrons. The van der Waals surface area contributed by atoms with Crippen LogP contribution in [0.2, 0.25) is 0 Å². The molecule has 1 amide bonds. The highest BCUT2D eigenvalue weighted by Gasteiger charge is 2.24. The van der Waals surface area contributed by atoms with Crippen molar-refractivity contribution >= 4 is 11.9 Å². The third-order valence-electron chi connectivity index (χ3n) is 4.54. The van der Waals surface area contributed by atoms with Crippen molar-refractivity contribution in [3.05, 3.63) is 53.3 Å². The number of morpholine rings is 1. The number of fused-ring (bicyclic) bond motifs is 1. The smallest absolute Gasteiger partial charge is 0.254 e. The number of carbonyl (C=O) groups excluding carboxylic acids is 1. The highest BCUT2D eigenvalue weighted by atomic mass is 16.5. The van der Waals surface area contributed by atoms with Gasteiger partial charge >= 0.3 is 0 Å². The average Bonchev–Trinajstić information content (AvgIpc) is 2.68. The Morgan fingerprint density at radius 3 is 2.67 bits per heavy atom. The minimum Gasteiger partial charge on any atom is -0.378 e. The Hall–Kier alpha value is -2.47. The first-order valence-electron chi connectivity index (χ1n) is 8.33. The molecule has 4 rings (SSSR count). The van der Waals surface area contributed by atoms with E-state index in [1.165, 1.54) is 0 Å². The van der Waals surface area contributed by atoms with Crippen molar-refractivity contribution in [3.63, 3.8) is 0 Å². The van der Waals surface area contributed by atoms with Crippen LogP contribution in [-0.4, -0.2) is 53.6 Å². The van der Waals surface area contributed by atoms with E-state index in [-0.39, 0.29) is 5.91 Å². The molecular formula is C18H20N4O2. The van der Waals surface area contributed by atoms with Gasteiger partial charge in [0.25, 0.3) is 5.91 Å². The zero-order chi connectivity index (χ0) is 16.4. The number of rotatable bonds is 2. The van der Waals surface area contributed by atoms with Gasteiger partial charge in [-0.25, -0.2) is 9.97 Å². The predicted octanol–water partition coefficient (Wildman–Crippen LogP) is 1.51. The van der Waals surface area contributed by atoms with Crippen molar-refractivity contribution < 1.29 is 9.53 Å². The van der Waals surface area contributed by atoms with Gasteiger partial charge in [-0.1, -0.05) is 18.2 Å². The summed E-state index contributed by atoms with van der Waals surface area (Å²) >= 11 is 0. The maximum Gasteiger partial charge on any atom is 0.254 e. The normalized spacial score (nSPS) is 17.5. The van der Waals surface area contributed by atoms with Crippen LogP contribution in [0.25, 0.3) is 0 Å². The number of carbonyl (C=O) groups is 1. The molecule has 2 aliphatic heterocycles. The van der Waals surface area contributed by atoms with E-state index in [2.05, 4.69) is 9.88 Å². The van der Waals surface area contributed by atoms with E-state index in [0.29, 0.717) is 26.3 Å². The Kier molecular flexibility index (Phi) is 4.13. The van der Waals surface area contributed by atoms with Gasteiger partial charge in [0, 0.05) is 31.4 Å². The SMILES string of the molecule is O=C(c1ccccc1)N1CCc2cnc(N3CCOCC3)nc2C1. The molecule has 0 spiro atoms. The van der Waals surface area contributed by atoms with E-state index >= 15 is 0 Å². The number of amides is 1. The molecule has 24 heavy (non-hydrogen) atoms. The van der Waals surface area contributed by atoms with Crippen LogP contribution in [0.5, 0.6) is 0 Å². The molecule has 0 N–H and O–H groups in total. The molecule has 0 bridgehead atoms. The van der Waals surface area contributed by atoms with Crippen LogP contribution < -0.4 is 4.90 Å². The fraction of sp³-hybridized carbons (Fsp3) is 0.389. The second-order valence-electron chi connectivity index (χ2n) is 6.08. The second-order valence-corrected chi connectivity index (χ2v) is 6.08. The first-order chi connectivity index (χ1) is 11.8. The first kappa shape index (κ1) is 15.1. The van der Waals surface area contributed by atoms with Crippen LogP contribution in [0.15, 0.2) is 36.5 Å². The lowest BCUT2D eigenvalue weighted by Crippen LogP contribution is -2.39. The summed E-state index contributed by atoms with van der Waals surface area (Å²) in [6.45, 7) is 4.29. The molecule has 1 aromatic heterocycles. The molecule has 0 unspecified atom stereocenters. The van der Waals surface area contributed by atoms with Crippen LogP contribution in [0.4, 0.5) is 5.95 Å². The Labute approximate surface area is 141 Å². The van der Waals surface area contributed by atoms with Crippen LogP contribution in [-0.2, 0) is 17.7 Å². The molecule has 124 valence electrons. The van der Waals surface area contributed by atoms with E-state index in [1.807, 2.05) is 41.4 Å². The van der Waals surface area contributed by atoms with E-state index in [1.54, 1.807) is 0 Å². The van der Waals surface area contributed by atoms with E-state index in [9.17, 15) is 4.79 Å². The second kappa shape index (κ2) is 6.57. The number of anilines is 1. The molecule has 0 saturated carbocycles. The molecule has 1 saturated heterocycles. The molecule has 2 aromatic rings. The highest BCUT2D eigenvalue weighted by Crippen LogP contribution is 2.21. The minimum atomic E-state index is 0.0628. The van der Waals surface area contributed by atoms with Gasteiger partial charge in [0.15, 0.2) is 0 Å². The third kappa shape index (κ3) is 2.97. The summed E-state index contributed by atoms with van der Waals surface area (Å²) in [5, 5.41) is 0. The molecule has 2 aliphatic rings. The molecule has 1 fully saturated rings. The van der Waals surface area contributed by atoms with E-state index in [0.717, 1.165) is 42.3 Å². The predicted molar refractivity (Wildman–Crippen MR) is 90.0 cm³/mol. The first-order valence-corrected chi connectivity index (χ1v) is 8.33. The van der Waals surface area contributed by atoms with Gasteiger partial charge in [0.1, 0.15) is 0 Å². The monoisotopic (exact) mass is 324 g/mol. The standard InChI is InChI=1S/C18H20N4O2/c23-17(14-4-2-1-3-5-14)22-7-6-15-12-19-18(20-16(15)13-22)21-8-10-24-11-9-21/h1-5,12H,6-11,13H2. The maximum atomic E-state index is 12.7. The van der Waals surface area contributed by atoms with Crippen molar-refractivity contribution in [3.8, 4) is 0 Å². The molecule has 3 heterocycles. The number of aromatic nitrogens is 2. The Morgan fingerprint density at radius 1 is 1.08 bits per heavy atom.